The molecular formula is C12H14ClNOS. The molecule has 0 aliphatic heterocycles. The summed E-state index contributed by atoms with van der Waals surface area (Å²) in [7, 11) is 0. The maximum Gasteiger partial charge on any atom is 0.105 e. The van der Waals surface area contributed by atoms with Gasteiger partial charge in [-0.15, -0.1) is 11.3 Å². The van der Waals surface area contributed by atoms with Gasteiger partial charge in [0.25, 0.3) is 0 Å². The lowest BCUT2D eigenvalue weighted by Gasteiger charge is -2.14. The molecule has 2 heterocycles. The Morgan fingerprint density at radius 1 is 1.44 bits per heavy atom. The predicted molar refractivity (Wildman–Crippen MR) is 68.2 cm³/mol. The number of hydrogen-bond donors (Lipinski definition) is 1. The molecule has 0 spiro atoms. The van der Waals surface area contributed by atoms with Gasteiger partial charge in [0.05, 0.1) is 10.6 Å². The van der Waals surface area contributed by atoms with Crippen molar-refractivity contribution in [1.82, 2.24) is 5.32 Å². The number of thiophene rings is 1. The third-order valence-corrected chi connectivity index (χ3v) is 3.72. The summed E-state index contributed by atoms with van der Waals surface area (Å²) in [5, 5.41) is 3.44. The SMILES string of the molecule is CCNC(Cc1ccco1)c1ccc(Cl)s1. The lowest BCUT2D eigenvalue weighted by molar-refractivity contribution is 0.458. The molecule has 1 atom stereocenters. The Hall–Kier alpha value is -0.770. The van der Waals surface area contributed by atoms with Gasteiger partial charge >= 0.3 is 0 Å². The van der Waals surface area contributed by atoms with Crippen LogP contribution in [0.1, 0.15) is 23.6 Å². The number of rotatable bonds is 5. The Morgan fingerprint density at radius 2 is 2.31 bits per heavy atom. The van der Waals surface area contributed by atoms with Crippen LogP contribution in [0.3, 0.4) is 0 Å². The van der Waals surface area contributed by atoms with Crippen molar-refractivity contribution in [3.8, 4) is 0 Å². The molecule has 16 heavy (non-hydrogen) atoms. The first kappa shape index (κ1) is 11.7. The van der Waals surface area contributed by atoms with Gasteiger partial charge in [0.2, 0.25) is 0 Å². The van der Waals surface area contributed by atoms with Gasteiger partial charge < -0.3 is 9.73 Å². The number of furan rings is 1. The zero-order chi connectivity index (χ0) is 11.4. The maximum absolute atomic E-state index is 5.95. The van der Waals surface area contributed by atoms with Gasteiger partial charge in [-0.05, 0) is 30.8 Å². The van der Waals surface area contributed by atoms with Gasteiger partial charge in [0.1, 0.15) is 5.76 Å². The third kappa shape index (κ3) is 2.88. The average Bonchev–Trinajstić information content (AvgIpc) is 2.88. The Morgan fingerprint density at radius 3 is 2.88 bits per heavy atom. The molecule has 1 unspecified atom stereocenters. The fraction of sp³-hybridized carbons (Fsp3) is 0.333. The third-order valence-electron chi connectivity index (χ3n) is 2.37. The second-order valence-electron chi connectivity index (χ2n) is 3.54. The van der Waals surface area contributed by atoms with E-state index in [9.17, 15) is 0 Å². The van der Waals surface area contributed by atoms with Crippen LogP contribution in [0, 0.1) is 0 Å². The Kier molecular flexibility index (Phi) is 4.04. The van der Waals surface area contributed by atoms with Gasteiger partial charge in [-0.1, -0.05) is 18.5 Å². The van der Waals surface area contributed by atoms with E-state index in [0.29, 0.717) is 0 Å². The molecule has 0 saturated carbocycles. The Labute approximate surface area is 104 Å². The van der Waals surface area contributed by atoms with Crippen molar-refractivity contribution < 1.29 is 4.42 Å². The molecule has 2 aromatic rings. The Balaban J connectivity index is 2.11. The van der Waals surface area contributed by atoms with Crippen LogP contribution in [-0.2, 0) is 6.42 Å². The summed E-state index contributed by atoms with van der Waals surface area (Å²) < 4.78 is 6.20. The first-order chi connectivity index (χ1) is 7.79. The number of halogens is 1. The van der Waals surface area contributed by atoms with Gasteiger partial charge in [0, 0.05) is 17.3 Å². The largest absolute Gasteiger partial charge is 0.469 e. The van der Waals surface area contributed by atoms with E-state index in [-0.39, 0.29) is 6.04 Å². The summed E-state index contributed by atoms with van der Waals surface area (Å²) in [6.07, 6.45) is 2.57. The van der Waals surface area contributed by atoms with E-state index in [1.165, 1.54) is 4.88 Å². The minimum absolute atomic E-state index is 0.286. The molecule has 0 fully saturated rings. The van der Waals surface area contributed by atoms with Crippen LogP contribution in [0.15, 0.2) is 34.9 Å². The molecule has 2 nitrogen and oxygen atoms in total. The number of nitrogens with one attached hydrogen (secondary N) is 1. The predicted octanol–water partition coefficient (Wildman–Crippen LogP) is 3.89. The topological polar surface area (TPSA) is 25.2 Å². The van der Waals surface area contributed by atoms with Crippen molar-refractivity contribution in [3.63, 3.8) is 0 Å². The summed E-state index contributed by atoms with van der Waals surface area (Å²) in [5.74, 6) is 0.996. The molecule has 0 amide bonds. The minimum atomic E-state index is 0.286. The fourth-order valence-electron chi connectivity index (χ4n) is 1.67. The monoisotopic (exact) mass is 255 g/mol. The molecule has 86 valence electrons. The minimum Gasteiger partial charge on any atom is -0.469 e. The molecule has 4 heteroatoms. The van der Waals surface area contributed by atoms with Crippen molar-refractivity contribution in [2.45, 2.75) is 19.4 Å². The van der Waals surface area contributed by atoms with E-state index >= 15 is 0 Å². The summed E-state index contributed by atoms with van der Waals surface area (Å²) in [4.78, 5) is 1.25. The van der Waals surface area contributed by atoms with Crippen LogP contribution in [0.4, 0.5) is 0 Å². The van der Waals surface area contributed by atoms with Crippen molar-refractivity contribution in [3.05, 3.63) is 45.5 Å². The van der Waals surface area contributed by atoms with Gasteiger partial charge in [0.15, 0.2) is 0 Å². The van der Waals surface area contributed by atoms with Gasteiger partial charge in [-0.25, -0.2) is 0 Å². The van der Waals surface area contributed by atoms with E-state index in [2.05, 4.69) is 18.3 Å². The van der Waals surface area contributed by atoms with Crippen molar-refractivity contribution in [2.24, 2.45) is 0 Å². The quantitative estimate of drug-likeness (QED) is 0.877. The standard InChI is InChI=1S/C12H14ClNOS/c1-2-14-10(8-9-4-3-7-15-9)11-5-6-12(13)16-11/h3-7,10,14H,2,8H2,1H3. The molecule has 0 aliphatic carbocycles. The highest BCUT2D eigenvalue weighted by Crippen LogP contribution is 2.29. The number of likely N-dealkylation sites (N-methyl/N-ethyl adjacent to an activating group) is 1. The highest BCUT2D eigenvalue weighted by atomic mass is 35.5. The fourth-order valence-corrected chi connectivity index (χ4v) is 2.80. The van der Waals surface area contributed by atoms with E-state index < -0.39 is 0 Å². The molecule has 1 N–H and O–H groups in total. The molecule has 0 aromatic carbocycles. The maximum atomic E-state index is 5.95. The average molecular weight is 256 g/mol. The molecule has 0 radical (unpaired) electrons. The van der Waals surface area contributed by atoms with Crippen molar-refractivity contribution in [1.29, 1.82) is 0 Å². The van der Waals surface area contributed by atoms with Gasteiger partial charge in [-0.3, -0.25) is 0 Å². The van der Waals surface area contributed by atoms with E-state index in [4.69, 9.17) is 16.0 Å². The van der Waals surface area contributed by atoms with E-state index in [0.717, 1.165) is 23.1 Å². The molecular weight excluding hydrogens is 242 g/mol. The molecule has 2 aromatic heterocycles. The summed E-state index contributed by atoms with van der Waals surface area (Å²) >= 11 is 7.57. The van der Waals surface area contributed by atoms with Crippen molar-refractivity contribution >= 4 is 22.9 Å². The lowest BCUT2D eigenvalue weighted by atomic mass is 10.1. The van der Waals surface area contributed by atoms with E-state index in [1.807, 2.05) is 18.2 Å². The molecule has 0 bridgehead atoms. The lowest BCUT2D eigenvalue weighted by Crippen LogP contribution is -2.21. The van der Waals surface area contributed by atoms with Crippen LogP contribution in [0.5, 0.6) is 0 Å². The van der Waals surface area contributed by atoms with Gasteiger partial charge in [-0.2, -0.15) is 0 Å². The zero-order valence-corrected chi connectivity index (χ0v) is 10.6. The summed E-state index contributed by atoms with van der Waals surface area (Å²) in [6, 6.07) is 8.21. The molecule has 0 aliphatic rings. The second-order valence-corrected chi connectivity index (χ2v) is 5.28. The molecule has 0 saturated heterocycles. The highest BCUT2D eigenvalue weighted by molar-refractivity contribution is 7.16. The van der Waals surface area contributed by atoms with Crippen LogP contribution in [0.2, 0.25) is 4.34 Å². The summed E-state index contributed by atoms with van der Waals surface area (Å²) in [6.45, 7) is 3.03. The summed E-state index contributed by atoms with van der Waals surface area (Å²) in [5.41, 5.74) is 0. The first-order valence-electron chi connectivity index (χ1n) is 5.30. The Bertz CT molecular complexity index is 424. The first-order valence-corrected chi connectivity index (χ1v) is 6.50. The highest BCUT2D eigenvalue weighted by Gasteiger charge is 2.14. The van der Waals surface area contributed by atoms with Crippen LogP contribution >= 0.6 is 22.9 Å². The normalized spacial score (nSPS) is 12.9. The second kappa shape index (κ2) is 5.53. The zero-order valence-electron chi connectivity index (χ0n) is 9.07. The van der Waals surface area contributed by atoms with Crippen molar-refractivity contribution in [2.75, 3.05) is 6.54 Å². The molecule has 2 rings (SSSR count). The smallest absolute Gasteiger partial charge is 0.105 e. The number of hydrogen-bond acceptors (Lipinski definition) is 3. The van der Waals surface area contributed by atoms with Crippen LogP contribution in [0.25, 0.3) is 0 Å². The van der Waals surface area contributed by atoms with Crippen LogP contribution in [-0.4, -0.2) is 6.54 Å². The van der Waals surface area contributed by atoms with E-state index in [1.54, 1.807) is 17.6 Å². The van der Waals surface area contributed by atoms with Crippen LogP contribution < -0.4 is 5.32 Å².